The van der Waals surface area contributed by atoms with Gasteiger partial charge >= 0.3 is 0 Å². The van der Waals surface area contributed by atoms with Gasteiger partial charge in [0.25, 0.3) is 0 Å². The summed E-state index contributed by atoms with van der Waals surface area (Å²) in [6.07, 6.45) is 2.52. The minimum Gasteiger partial charge on any atom is -0.444 e. The molecule has 0 aliphatic rings. The van der Waals surface area contributed by atoms with Gasteiger partial charge in [-0.25, -0.2) is 9.97 Å². The first-order chi connectivity index (χ1) is 9.52. The molecule has 0 aromatic carbocycles. The number of aryl methyl sites for hydroxylation is 3. The van der Waals surface area contributed by atoms with Crippen LogP contribution >= 0.6 is 0 Å². The molecule has 1 unspecified atom stereocenters. The van der Waals surface area contributed by atoms with Gasteiger partial charge in [-0.1, -0.05) is 6.92 Å². The lowest BCUT2D eigenvalue weighted by molar-refractivity contribution is 0.419. The minimum atomic E-state index is -0.131. The highest BCUT2D eigenvalue weighted by atomic mass is 16.4. The monoisotopic (exact) mass is 274 g/mol. The molecule has 0 fully saturated rings. The quantitative estimate of drug-likeness (QED) is 0.787. The van der Waals surface area contributed by atoms with Crippen molar-refractivity contribution in [3.63, 3.8) is 0 Å². The Labute approximate surface area is 116 Å². The van der Waals surface area contributed by atoms with Crippen LogP contribution in [0.1, 0.15) is 37.2 Å². The fourth-order valence-electron chi connectivity index (χ4n) is 2.52. The second-order valence-electron chi connectivity index (χ2n) is 4.92. The second-order valence-corrected chi connectivity index (χ2v) is 4.92. The molecule has 0 bridgehead atoms. The van der Waals surface area contributed by atoms with Crippen molar-refractivity contribution >= 4 is 17.1 Å². The lowest BCUT2D eigenvalue weighted by Gasteiger charge is -2.12. The largest absolute Gasteiger partial charge is 0.444 e. The lowest BCUT2D eigenvalue weighted by Crippen LogP contribution is -2.12. The second kappa shape index (κ2) is 4.36. The molecular weight excluding hydrogens is 256 g/mol. The Morgan fingerprint density at radius 3 is 2.80 bits per heavy atom. The van der Waals surface area contributed by atoms with E-state index in [1.165, 1.54) is 0 Å². The molecule has 2 N–H and O–H groups in total. The average Bonchev–Trinajstić information content (AvgIpc) is 3.05. The van der Waals surface area contributed by atoms with Gasteiger partial charge in [-0.15, -0.1) is 0 Å². The summed E-state index contributed by atoms with van der Waals surface area (Å²) >= 11 is 0. The van der Waals surface area contributed by atoms with E-state index in [-0.39, 0.29) is 6.04 Å². The van der Waals surface area contributed by atoms with Crippen molar-refractivity contribution in [2.45, 2.75) is 33.2 Å². The van der Waals surface area contributed by atoms with Crippen molar-refractivity contribution in [3.05, 3.63) is 23.5 Å². The van der Waals surface area contributed by atoms with Gasteiger partial charge in [-0.2, -0.15) is 5.10 Å². The van der Waals surface area contributed by atoms with Crippen LogP contribution in [0.3, 0.4) is 0 Å². The standard InChI is InChI=1S/C13H18N6O/c1-5-9-10-12(18(4)17-9)19(13(14)16-10)8(3)11-15-6-7(2)20-11/h6,8H,5H2,1-4H3,(H2,14,16). The highest BCUT2D eigenvalue weighted by Crippen LogP contribution is 2.28. The maximum Gasteiger partial charge on any atom is 0.217 e. The molecule has 3 aromatic heterocycles. The van der Waals surface area contributed by atoms with Crippen LogP contribution in [0.15, 0.2) is 10.6 Å². The zero-order chi connectivity index (χ0) is 14.4. The molecule has 20 heavy (non-hydrogen) atoms. The maximum absolute atomic E-state index is 6.08. The third-order valence-corrected chi connectivity index (χ3v) is 3.48. The molecule has 0 amide bonds. The number of anilines is 1. The fourth-order valence-corrected chi connectivity index (χ4v) is 2.52. The predicted molar refractivity (Wildman–Crippen MR) is 75.3 cm³/mol. The van der Waals surface area contributed by atoms with E-state index in [1.807, 2.05) is 30.1 Å². The van der Waals surface area contributed by atoms with Gasteiger partial charge in [0.2, 0.25) is 11.8 Å². The first kappa shape index (κ1) is 12.7. The van der Waals surface area contributed by atoms with Gasteiger partial charge in [0.1, 0.15) is 17.3 Å². The number of oxazole rings is 1. The van der Waals surface area contributed by atoms with E-state index in [1.54, 1.807) is 6.20 Å². The van der Waals surface area contributed by atoms with E-state index < -0.39 is 0 Å². The number of nitrogens with two attached hydrogens (primary N) is 1. The molecule has 3 aromatic rings. The zero-order valence-electron chi connectivity index (χ0n) is 12.1. The Bertz CT molecular complexity index is 765. The van der Waals surface area contributed by atoms with Crippen LogP contribution in [0, 0.1) is 6.92 Å². The van der Waals surface area contributed by atoms with Crippen LogP contribution in [0.2, 0.25) is 0 Å². The Kier molecular flexibility index (Phi) is 2.77. The molecule has 0 aliphatic carbocycles. The normalized spacial score (nSPS) is 13.2. The Balaban J connectivity index is 2.20. The summed E-state index contributed by atoms with van der Waals surface area (Å²) in [5.41, 5.74) is 8.77. The third-order valence-electron chi connectivity index (χ3n) is 3.48. The van der Waals surface area contributed by atoms with E-state index in [9.17, 15) is 0 Å². The van der Waals surface area contributed by atoms with E-state index in [0.717, 1.165) is 29.0 Å². The average molecular weight is 274 g/mol. The van der Waals surface area contributed by atoms with E-state index in [2.05, 4.69) is 22.0 Å². The molecule has 106 valence electrons. The molecule has 0 saturated carbocycles. The van der Waals surface area contributed by atoms with Gasteiger partial charge in [-0.05, 0) is 20.3 Å². The number of fused-ring (bicyclic) bond motifs is 1. The van der Waals surface area contributed by atoms with Crippen LogP contribution in [-0.4, -0.2) is 24.3 Å². The molecule has 7 nitrogen and oxygen atoms in total. The third kappa shape index (κ3) is 1.70. The number of hydrogen-bond acceptors (Lipinski definition) is 5. The van der Waals surface area contributed by atoms with Crippen molar-refractivity contribution in [2.24, 2.45) is 7.05 Å². The topological polar surface area (TPSA) is 87.7 Å². The lowest BCUT2D eigenvalue weighted by atomic mass is 10.3. The molecular formula is C13H18N6O. The van der Waals surface area contributed by atoms with Gasteiger partial charge in [0.15, 0.2) is 5.65 Å². The maximum atomic E-state index is 6.08. The minimum absolute atomic E-state index is 0.131. The molecule has 0 saturated heterocycles. The Morgan fingerprint density at radius 1 is 1.45 bits per heavy atom. The van der Waals surface area contributed by atoms with E-state index in [0.29, 0.717) is 11.8 Å². The molecule has 1 atom stereocenters. The van der Waals surface area contributed by atoms with Gasteiger partial charge in [0.05, 0.1) is 11.9 Å². The van der Waals surface area contributed by atoms with Crippen molar-refractivity contribution in [1.29, 1.82) is 0 Å². The first-order valence-corrected chi connectivity index (χ1v) is 6.64. The highest BCUT2D eigenvalue weighted by Gasteiger charge is 2.23. The summed E-state index contributed by atoms with van der Waals surface area (Å²) in [7, 11) is 1.90. The fraction of sp³-hybridized carbons (Fsp3) is 0.462. The Hall–Kier alpha value is -2.31. The van der Waals surface area contributed by atoms with Crippen molar-refractivity contribution in [1.82, 2.24) is 24.3 Å². The summed E-state index contributed by atoms with van der Waals surface area (Å²) in [6, 6.07) is -0.131. The van der Waals surface area contributed by atoms with Crippen LogP contribution in [-0.2, 0) is 13.5 Å². The predicted octanol–water partition coefficient (Wildman–Crippen LogP) is 1.82. The van der Waals surface area contributed by atoms with Gasteiger partial charge in [0, 0.05) is 7.05 Å². The molecule has 7 heteroatoms. The first-order valence-electron chi connectivity index (χ1n) is 6.64. The Morgan fingerprint density at radius 2 is 2.20 bits per heavy atom. The molecule has 0 aliphatic heterocycles. The highest BCUT2D eigenvalue weighted by molar-refractivity contribution is 5.78. The van der Waals surface area contributed by atoms with E-state index >= 15 is 0 Å². The summed E-state index contributed by atoms with van der Waals surface area (Å²) < 4.78 is 9.32. The van der Waals surface area contributed by atoms with Crippen LogP contribution in [0.4, 0.5) is 5.95 Å². The summed E-state index contributed by atoms with van der Waals surface area (Å²) in [4.78, 5) is 8.72. The molecule has 3 heterocycles. The number of nitrogen functional groups attached to an aromatic ring is 1. The number of aromatic nitrogens is 5. The van der Waals surface area contributed by atoms with Crippen LogP contribution in [0.25, 0.3) is 11.2 Å². The van der Waals surface area contributed by atoms with Gasteiger partial charge in [-0.3, -0.25) is 9.25 Å². The van der Waals surface area contributed by atoms with Crippen molar-refractivity contribution in [3.8, 4) is 0 Å². The number of hydrogen-bond donors (Lipinski definition) is 1. The van der Waals surface area contributed by atoms with Crippen LogP contribution < -0.4 is 5.73 Å². The summed E-state index contributed by atoms with van der Waals surface area (Å²) in [6.45, 7) is 5.91. The van der Waals surface area contributed by atoms with Crippen molar-refractivity contribution in [2.75, 3.05) is 5.73 Å². The molecule has 0 radical (unpaired) electrons. The van der Waals surface area contributed by atoms with Crippen LogP contribution in [0.5, 0.6) is 0 Å². The SMILES string of the molecule is CCc1nn(C)c2c1nc(N)n2C(C)c1ncc(C)o1. The van der Waals surface area contributed by atoms with Gasteiger partial charge < -0.3 is 10.2 Å². The number of imidazole rings is 1. The molecule has 3 rings (SSSR count). The van der Waals surface area contributed by atoms with Crippen molar-refractivity contribution < 1.29 is 4.42 Å². The van der Waals surface area contributed by atoms with E-state index in [4.69, 9.17) is 10.2 Å². The number of nitrogens with zero attached hydrogens (tertiary/aromatic N) is 5. The smallest absolute Gasteiger partial charge is 0.217 e. The number of rotatable bonds is 3. The molecule has 0 spiro atoms. The summed E-state index contributed by atoms with van der Waals surface area (Å²) in [5.74, 6) is 1.85. The summed E-state index contributed by atoms with van der Waals surface area (Å²) in [5, 5.41) is 4.48. The zero-order valence-corrected chi connectivity index (χ0v) is 12.1.